The minimum absolute atomic E-state index is 0.508. The fourth-order valence-electron chi connectivity index (χ4n) is 9.56. The zero-order valence-corrected chi connectivity index (χ0v) is 30.8. The average molecular weight is 728 g/mol. The number of rotatable bonds is 5. The van der Waals surface area contributed by atoms with Gasteiger partial charge >= 0.3 is 0 Å². The highest BCUT2D eigenvalue weighted by Gasteiger charge is 2.47. The Morgan fingerprint density at radius 2 is 0.930 bits per heavy atom. The first-order chi connectivity index (χ1) is 28.3. The van der Waals surface area contributed by atoms with Gasteiger partial charge in [0.15, 0.2) is 0 Å². The normalized spacial score (nSPS) is 13.1. The molecule has 11 aromatic rings. The molecule has 1 aliphatic carbocycles. The van der Waals surface area contributed by atoms with Gasteiger partial charge in [-0.15, -0.1) is 0 Å². The van der Waals surface area contributed by atoms with Gasteiger partial charge in [-0.25, -0.2) is 4.98 Å². The van der Waals surface area contributed by atoms with Crippen molar-refractivity contribution >= 4 is 43.7 Å². The van der Waals surface area contributed by atoms with Gasteiger partial charge in [0.1, 0.15) is 5.65 Å². The largest absolute Gasteiger partial charge is 0.309 e. The van der Waals surface area contributed by atoms with Crippen molar-refractivity contribution in [3.05, 3.63) is 223 Å². The van der Waals surface area contributed by atoms with E-state index >= 15 is 0 Å². The lowest BCUT2D eigenvalue weighted by molar-refractivity contribution is 0.768. The average Bonchev–Trinajstić information content (AvgIpc) is 3.90. The van der Waals surface area contributed by atoms with E-state index < -0.39 is 5.41 Å². The number of nitrogens with zero attached hydrogens (tertiary/aromatic N) is 5. The summed E-state index contributed by atoms with van der Waals surface area (Å²) in [6.07, 6.45) is 7.55. The van der Waals surface area contributed by atoms with Crippen LogP contribution in [0.5, 0.6) is 0 Å². The van der Waals surface area contributed by atoms with Crippen molar-refractivity contribution in [3.8, 4) is 33.8 Å². The molecule has 0 unspecified atom stereocenters. The first kappa shape index (κ1) is 31.7. The Labute approximate surface area is 328 Å². The van der Waals surface area contributed by atoms with Crippen molar-refractivity contribution in [2.24, 2.45) is 0 Å². The molecule has 0 radical (unpaired) electrons. The Bertz CT molecular complexity index is 3230. The quantitative estimate of drug-likeness (QED) is 0.177. The van der Waals surface area contributed by atoms with Crippen LogP contribution in [0.2, 0.25) is 0 Å². The molecule has 6 aromatic carbocycles. The molecule has 5 aromatic heterocycles. The second kappa shape index (κ2) is 12.2. The van der Waals surface area contributed by atoms with Gasteiger partial charge in [-0.1, -0.05) is 127 Å². The summed E-state index contributed by atoms with van der Waals surface area (Å²) in [5.74, 6) is 0. The molecule has 0 spiro atoms. The van der Waals surface area contributed by atoms with E-state index in [1.54, 1.807) is 0 Å². The second-order valence-corrected chi connectivity index (χ2v) is 14.9. The van der Waals surface area contributed by atoms with E-state index in [1.807, 2.05) is 24.8 Å². The third-order valence-corrected chi connectivity index (χ3v) is 12.0. The van der Waals surface area contributed by atoms with Crippen LogP contribution in [-0.2, 0) is 5.41 Å². The Balaban J connectivity index is 1.00. The van der Waals surface area contributed by atoms with Crippen LogP contribution in [-0.4, -0.2) is 24.1 Å². The molecule has 0 amide bonds. The van der Waals surface area contributed by atoms with Crippen LogP contribution in [0.4, 0.5) is 0 Å². The molecule has 0 atom stereocenters. The van der Waals surface area contributed by atoms with Crippen LogP contribution in [0.15, 0.2) is 201 Å². The van der Waals surface area contributed by atoms with E-state index in [-0.39, 0.29) is 0 Å². The molecule has 57 heavy (non-hydrogen) atoms. The third-order valence-electron chi connectivity index (χ3n) is 12.0. The number of para-hydroxylation sites is 1. The zero-order chi connectivity index (χ0) is 37.5. The Morgan fingerprint density at radius 1 is 0.404 bits per heavy atom. The molecular formula is C52H33N5. The van der Waals surface area contributed by atoms with Crippen molar-refractivity contribution < 1.29 is 0 Å². The van der Waals surface area contributed by atoms with E-state index in [2.05, 4.69) is 195 Å². The summed E-state index contributed by atoms with van der Waals surface area (Å²) in [5.41, 5.74) is 15.4. The van der Waals surface area contributed by atoms with Gasteiger partial charge in [0.2, 0.25) is 0 Å². The predicted molar refractivity (Wildman–Crippen MR) is 231 cm³/mol. The molecule has 1 aliphatic rings. The highest BCUT2D eigenvalue weighted by Crippen LogP contribution is 2.56. The minimum Gasteiger partial charge on any atom is -0.309 e. The van der Waals surface area contributed by atoms with E-state index in [9.17, 15) is 0 Å². The Morgan fingerprint density at radius 3 is 1.56 bits per heavy atom. The summed E-state index contributed by atoms with van der Waals surface area (Å²) in [6, 6.07) is 63.7. The van der Waals surface area contributed by atoms with E-state index in [0.717, 1.165) is 66.6 Å². The number of hydrogen-bond donors (Lipinski definition) is 0. The van der Waals surface area contributed by atoms with Gasteiger partial charge < -0.3 is 4.57 Å². The van der Waals surface area contributed by atoms with Crippen LogP contribution in [0, 0.1) is 0 Å². The van der Waals surface area contributed by atoms with Gasteiger partial charge in [0.05, 0.1) is 27.7 Å². The van der Waals surface area contributed by atoms with Crippen molar-refractivity contribution in [3.63, 3.8) is 0 Å². The topological polar surface area (TPSA) is 48.5 Å². The van der Waals surface area contributed by atoms with E-state index in [4.69, 9.17) is 4.98 Å². The van der Waals surface area contributed by atoms with Gasteiger partial charge in [-0.2, -0.15) is 0 Å². The third kappa shape index (κ3) is 4.48. The Hall–Kier alpha value is -7.63. The smallest absolute Gasteiger partial charge is 0.146 e. The molecule has 0 saturated carbocycles. The highest BCUT2D eigenvalue weighted by molar-refractivity contribution is 6.10. The molecule has 5 nitrogen and oxygen atoms in total. The second-order valence-electron chi connectivity index (χ2n) is 14.9. The number of aromatic nitrogens is 5. The predicted octanol–water partition coefficient (Wildman–Crippen LogP) is 12.1. The number of fused-ring (bicyclic) bond motifs is 9. The van der Waals surface area contributed by atoms with Gasteiger partial charge in [0.25, 0.3) is 0 Å². The Kier molecular flexibility index (Phi) is 6.78. The van der Waals surface area contributed by atoms with E-state index in [1.165, 1.54) is 33.2 Å². The molecule has 0 N–H and O–H groups in total. The summed E-state index contributed by atoms with van der Waals surface area (Å²) in [5, 5.41) is 4.52. The fraction of sp³-hybridized carbons (Fsp3) is 0.0192. The first-order valence-electron chi connectivity index (χ1n) is 19.3. The first-order valence-corrected chi connectivity index (χ1v) is 19.3. The van der Waals surface area contributed by atoms with Gasteiger partial charge in [-0.3, -0.25) is 14.5 Å². The molecule has 0 bridgehead atoms. The van der Waals surface area contributed by atoms with Crippen LogP contribution >= 0.6 is 0 Å². The lowest BCUT2D eigenvalue weighted by Gasteiger charge is -2.33. The standard InChI is InChI=1S/C52H33N5/c1-3-11-36(12-4-1)52(37-13-5-2-6-14-37)45-17-9-7-16-41(45)50-46(52)31-42-40-15-8-10-18-47(40)57(51(42)55-50)39-25-21-35(22-26-39)34-19-23-38(24-20-34)56-48-27-29-53-32-43(48)44-33-54-30-28-49(44)56/h1-33H. The summed E-state index contributed by atoms with van der Waals surface area (Å²) < 4.78 is 4.62. The molecule has 266 valence electrons. The highest BCUT2D eigenvalue weighted by atomic mass is 15.1. The molecular weight excluding hydrogens is 695 g/mol. The summed E-state index contributed by atoms with van der Waals surface area (Å²) >= 11 is 0. The zero-order valence-electron chi connectivity index (χ0n) is 30.8. The van der Waals surface area contributed by atoms with Crippen LogP contribution in [0.25, 0.3) is 77.5 Å². The molecule has 0 saturated heterocycles. The lowest BCUT2D eigenvalue weighted by atomic mass is 9.68. The van der Waals surface area contributed by atoms with Crippen molar-refractivity contribution in [2.75, 3.05) is 0 Å². The van der Waals surface area contributed by atoms with Crippen LogP contribution in [0.1, 0.15) is 22.3 Å². The SMILES string of the molecule is c1ccc(C2(c3ccccc3)c3ccccc3-c3nc4c(cc32)c2ccccc2n4-c2ccc(-c3ccc(-n4c5ccncc5c5cnccc54)cc3)cc2)cc1. The summed E-state index contributed by atoms with van der Waals surface area (Å²) in [7, 11) is 0. The monoisotopic (exact) mass is 727 g/mol. The fourth-order valence-corrected chi connectivity index (χ4v) is 9.56. The number of benzene rings is 6. The van der Waals surface area contributed by atoms with Gasteiger partial charge in [-0.05, 0) is 81.9 Å². The lowest BCUT2D eigenvalue weighted by Crippen LogP contribution is -2.28. The molecule has 5 heterocycles. The van der Waals surface area contributed by atoms with Crippen molar-refractivity contribution in [2.45, 2.75) is 5.41 Å². The number of pyridine rings is 3. The molecule has 5 heteroatoms. The van der Waals surface area contributed by atoms with E-state index in [0.29, 0.717) is 0 Å². The molecule has 12 rings (SSSR count). The molecule has 0 aliphatic heterocycles. The summed E-state index contributed by atoms with van der Waals surface area (Å²) in [4.78, 5) is 14.4. The summed E-state index contributed by atoms with van der Waals surface area (Å²) in [6.45, 7) is 0. The van der Waals surface area contributed by atoms with Gasteiger partial charge in [0, 0.05) is 63.3 Å². The van der Waals surface area contributed by atoms with Crippen LogP contribution in [0.3, 0.4) is 0 Å². The van der Waals surface area contributed by atoms with Crippen molar-refractivity contribution in [1.29, 1.82) is 0 Å². The van der Waals surface area contributed by atoms with Crippen molar-refractivity contribution in [1.82, 2.24) is 24.1 Å². The number of hydrogen-bond acceptors (Lipinski definition) is 3. The maximum atomic E-state index is 5.67. The minimum atomic E-state index is -0.508. The maximum Gasteiger partial charge on any atom is 0.146 e. The molecule has 0 fully saturated rings. The van der Waals surface area contributed by atoms with Crippen LogP contribution < -0.4 is 0 Å². The maximum absolute atomic E-state index is 5.67.